The Bertz CT molecular complexity index is 713. The Labute approximate surface area is 214 Å². The summed E-state index contributed by atoms with van der Waals surface area (Å²) in [5.41, 5.74) is 0. The van der Waals surface area contributed by atoms with Crippen LogP contribution in [0.1, 0.15) is 13.8 Å². The molecule has 37 heavy (non-hydrogen) atoms. The minimum atomic E-state index is -1.73. The number of nitrogens with one attached hydrogen (secondary N) is 1. The molecular weight excluding hydrogens is 502 g/mol. The van der Waals surface area contributed by atoms with E-state index < -0.39 is 79.1 Å². The van der Waals surface area contributed by atoms with E-state index in [2.05, 4.69) is 5.32 Å². The Kier molecular flexibility index (Phi) is 13.0. The molecule has 11 unspecified atom stereocenters. The van der Waals surface area contributed by atoms with E-state index in [0.717, 1.165) is 7.11 Å². The molecule has 2 heterocycles. The van der Waals surface area contributed by atoms with Gasteiger partial charge in [-0.3, -0.25) is 4.79 Å². The number of hydrogen-bond donors (Lipinski definition) is 6. The van der Waals surface area contributed by atoms with E-state index >= 15 is 0 Å². The number of hydrogen-bond acceptors (Lipinski definition) is 13. The number of carboxylic acids is 1. The number of amides is 1. The van der Waals surface area contributed by atoms with Crippen LogP contribution in [-0.4, -0.2) is 152 Å². The predicted octanol–water partition coefficient (Wildman–Crippen LogP) is -3.39. The molecule has 0 aromatic rings. The first-order valence-corrected chi connectivity index (χ1v) is 11.9. The quantitative estimate of drug-likeness (QED) is 0.118. The van der Waals surface area contributed by atoms with Crippen LogP contribution in [0.15, 0.2) is 0 Å². The summed E-state index contributed by atoms with van der Waals surface area (Å²) < 4.78 is 37.5. The second-order valence-electron chi connectivity index (χ2n) is 8.90. The highest BCUT2D eigenvalue weighted by molar-refractivity contribution is 5.73. The molecule has 216 valence electrons. The number of methoxy groups -OCH3 is 2. The van der Waals surface area contributed by atoms with Gasteiger partial charge in [0.25, 0.3) is 0 Å². The molecule has 0 radical (unpaired) electrons. The van der Waals surface area contributed by atoms with Gasteiger partial charge in [0.05, 0.1) is 45.2 Å². The molecule has 11 atom stereocenters. The third-order valence-corrected chi connectivity index (χ3v) is 6.02. The Hall–Kier alpha value is -1.50. The average molecular weight is 542 g/mol. The number of ether oxygens (including phenoxy) is 7. The summed E-state index contributed by atoms with van der Waals surface area (Å²) in [6.45, 7) is 3.26. The Morgan fingerprint density at radius 2 is 1.65 bits per heavy atom. The van der Waals surface area contributed by atoms with Gasteiger partial charge < -0.3 is 64.0 Å². The average Bonchev–Trinajstić information content (AvgIpc) is 2.84. The molecule has 2 aliphatic rings. The maximum atomic E-state index is 11.8. The Morgan fingerprint density at radius 1 is 0.973 bits per heavy atom. The summed E-state index contributed by atoms with van der Waals surface area (Å²) in [4.78, 5) is 23.4. The van der Waals surface area contributed by atoms with Crippen LogP contribution >= 0.6 is 0 Å². The molecule has 15 heteroatoms. The van der Waals surface area contributed by atoms with Crippen LogP contribution in [0.25, 0.3) is 0 Å². The van der Waals surface area contributed by atoms with E-state index in [1.807, 2.05) is 0 Å². The second-order valence-corrected chi connectivity index (χ2v) is 8.90. The molecule has 6 N–H and O–H groups in total. The van der Waals surface area contributed by atoms with Gasteiger partial charge in [-0.15, -0.1) is 0 Å². The number of aliphatic hydroxyl groups excluding tert-OH is 4. The number of carbonyl (C=O) groups is 2. The lowest BCUT2D eigenvalue weighted by atomic mass is 9.92. The fourth-order valence-electron chi connectivity index (χ4n) is 4.17. The van der Waals surface area contributed by atoms with Crippen molar-refractivity contribution in [1.82, 2.24) is 5.32 Å². The number of carbonyl (C=O) groups excluding carboxylic acids is 1. The normalized spacial score (nSPS) is 37.2. The maximum absolute atomic E-state index is 11.8. The van der Waals surface area contributed by atoms with Gasteiger partial charge in [0.1, 0.15) is 42.7 Å². The van der Waals surface area contributed by atoms with Gasteiger partial charge >= 0.3 is 5.97 Å². The second kappa shape index (κ2) is 15.2. The number of aliphatic carboxylic acids is 1. The summed E-state index contributed by atoms with van der Waals surface area (Å²) in [7, 11) is 2.68. The maximum Gasteiger partial charge on any atom is 0.335 e. The smallest absolute Gasteiger partial charge is 0.335 e. The van der Waals surface area contributed by atoms with Crippen LogP contribution in [0.3, 0.4) is 0 Å². The van der Waals surface area contributed by atoms with Crippen LogP contribution in [0.5, 0.6) is 0 Å². The van der Waals surface area contributed by atoms with E-state index in [9.17, 15) is 35.1 Å². The van der Waals surface area contributed by atoms with E-state index in [4.69, 9.17) is 33.2 Å². The molecule has 0 aromatic heterocycles. The minimum absolute atomic E-state index is 0.0105. The summed E-state index contributed by atoms with van der Waals surface area (Å²) in [5, 5.41) is 54.0. The van der Waals surface area contributed by atoms with Crippen molar-refractivity contribution in [3.63, 3.8) is 0 Å². The van der Waals surface area contributed by atoms with E-state index in [-0.39, 0.29) is 19.8 Å². The lowest BCUT2D eigenvalue weighted by molar-refractivity contribution is -0.328. The third kappa shape index (κ3) is 8.76. The predicted molar refractivity (Wildman–Crippen MR) is 121 cm³/mol. The largest absolute Gasteiger partial charge is 0.479 e. The van der Waals surface area contributed by atoms with Crippen molar-refractivity contribution in [2.24, 2.45) is 0 Å². The van der Waals surface area contributed by atoms with Crippen LogP contribution in [-0.2, 0) is 42.7 Å². The molecule has 0 spiro atoms. The number of rotatable bonds is 14. The molecule has 2 fully saturated rings. The minimum Gasteiger partial charge on any atom is -0.479 e. The number of carboxylic acid groups (broad SMARTS) is 1. The van der Waals surface area contributed by atoms with Gasteiger partial charge in [-0.1, -0.05) is 0 Å². The molecule has 15 nitrogen and oxygen atoms in total. The third-order valence-electron chi connectivity index (χ3n) is 6.02. The van der Waals surface area contributed by atoms with Crippen LogP contribution in [0.4, 0.5) is 0 Å². The lowest BCUT2D eigenvalue weighted by Crippen LogP contribution is -2.67. The molecule has 0 aliphatic carbocycles. The molecule has 1 amide bonds. The van der Waals surface area contributed by atoms with Crippen molar-refractivity contribution < 1.29 is 68.3 Å². The fourth-order valence-corrected chi connectivity index (χ4v) is 4.17. The van der Waals surface area contributed by atoms with Gasteiger partial charge in [0, 0.05) is 21.1 Å². The van der Waals surface area contributed by atoms with Gasteiger partial charge in [-0.05, 0) is 6.92 Å². The zero-order valence-electron chi connectivity index (χ0n) is 21.3. The van der Waals surface area contributed by atoms with Crippen molar-refractivity contribution in [3.05, 3.63) is 0 Å². The first kappa shape index (κ1) is 31.7. The van der Waals surface area contributed by atoms with Crippen molar-refractivity contribution in [3.8, 4) is 0 Å². The fraction of sp³-hybridized carbons (Fsp3) is 0.909. The SMILES string of the molecule is COCCOCC(O)COCC1OC(C)C(NC(C)=O)C(OC2OC(C(=O)O)C(OC)C(O)C2O)C1O. The summed E-state index contributed by atoms with van der Waals surface area (Å²) in [5.74, 6) is -1.91. The summed E-state index contributed by atoms with van der Waals surface area (Å²) in [6, 6.07) is -0.931. The Balaban J connectivity index is 2.09. The van der Waals surface area contributed by atoms with Crippen molar-refractivity contribution in [2.75, 3.05) is 47.3 Å². The molecule has 0 bridgehead atoms. The summed E-state index contributed by atoms with van der Waals surface area (Å²) in [6.07, 6.45) is -13.5. The van der Waals surface area contributed by atoms with Crippen LogP contribution in [0.2, 0.25) is 0 Å². The van der Waals surface area contributed by atoms with Gasteiger partial charge in [0.15, 0.2) is 12.4 Å². The van der Waals surface area contributed by atoms with E-state index in [1.54, 1.807) is 6.92 Å². The monoisotopic (exact) mass is 541 g/mol. The first-order valence-electron chi connectivity index (χ1n) is 11.9. The molecule has 2 rings (SSSR count). The van der Waals surface area contributed by atoms with Gasteiger partial charge in [-0.2, -0.15) is 0 Å². The standard InChI is InChI=1S/C22H39NO14/c1-10-14(23-11(2)24)18(36-22-17(28)16(27)19(32-4)20(37-22)21(29)30)15(26)13(35-10)9-34-8-12(25)7-33-6-5-31-3/h10,12-20,22,25-28H,5-9H2,1-4H3,(H,23,24)(H,29,30). The highest BCUT2D eigenvalue weighted by atomic mass is 16.7. The zero-order chi connectivity index (χ0) is 27.7. The van der Waals surface area contributed by atoms with Crippen molar-refractivity contribution >= 4 is 11.9 Å². The summed E-state index contributed by atoms with van der Waals surface area (Å²) >= 11 is 0. The molecule has 2 aliphatic heterocycles. The molecule has 0 aromatic carbocycles. The number of aliphatic hydroxyl groups is 4. The lowest BCUT2D eigenvalue weighted by Gasteiger charge is -2.47. The Morgan fingerprint density at radius 3 is 2.24 bits per heavy atom. The van der Waals surface area contributed by atoms with Crippen LogP contribution < -0.4 is 5.32 Å². The van der Waals surface area contributed by atoms with Gasteiger partial charge in [0.2, 0.25) is 5.91 Å². The van der Waals surface area contributed by atoms with Crippen molar-refractivity contribution in [1.29, 1.82) is 0 Å². The molecular formula is C22H39NO14. The van der Waals surface area contributed by atoms with E-state index in [1.165, 1.54) is 14.0 Å². The molecule has 0 saturated carbocycles. The van der Waals surface area contributed by atoms with Crippen LogP contribution in [0, 0.1) is 0 Å². The topological polar surface area (TPSA) is 212 Å². The zero-order valence-corrected chi connectivity index (χ0v) is 21.3. The highest BCUT2D eigenvalue weighted by Crippen LogP contribution is 2.30. The van der Waals surface area contributed by atoms with Crippen molar-refractivity contribution in [2.45, 2.75) is 81.1 Å². The van der Waals surface area contributed by atoms with E-state index in [0.29, 0.717) is 13.2 Å². The highest BCUT2D eigenvalue weighted by Gasteiger charge is 2.52. The van der Waals surface area contributed by atoms with Gasteiger partial charge in [-0.25, -0.2) is 4.79 Å². The first-order chi connectivity index (χ1) is 17.5. The molecule has 2 saturated heterocycles.